The third-order valence-electron chi connectivity index (χ3n) is 5.55. The summed E-state index contributed by atoms with van der Waals surface area (Å²) in [5, 5.41) is 6.99. The lowest BCUT2D eigenvalue weighted by Crippen LogP contribution is -2.34. The predicted octanol–water partition coefficient (Wildman–Crippen LogP) is 1.64. The van der Waals surface area contributed by atoms with Crippen LogP contribution >= 0.6 is 0 Å². The summed E-state index contributed by atoms with van der Waals surface area (Å²) >= 11 is 0. The summed E-state index contributed by atoms with van der Waals surface area (Å²) in [6.07, 6.45) is 2.34. The Morgan fingerprint density at radius 3 is 2.68 bits per heavy atom. The van der Waals surface area contributed by atoms with Crippen molar-refractivity contribution in [1.29, 1.82) is 0 Å². The van der Waals surface area contributed by atoms with E-state index in [4.69, 9.17) is 14.5 Å². The normalized spacial score (nSPS) is 21.1. The summed E-state index contributed by atoms with van der Waals surface area (Å²) < 4.78 is 33.3. The minimum absolute atomic E-state index is 0.158. The quantitative estimate of drug-likeness (QED) is 0.817. The molecule has 0 radical (unpaired) electrons. The Hall–Kier alpha value is -2.04. The number of hydrogen-bond donors (Lipinski definition) is 1. The van der Waals surface area contributed by atoms with Crippen LogP contribution < -0.4 is 5.32 Å². The van der Waals surface area contributed by atoms with E-state index < -0.39 is 10.0 Å². The van der Waals surface area contributed by atoms with Crippen LogP contribution in [0.25, 0.3) is 0 Å². The molecule has 1 fully saturated rings. The first-order valence-electron chi connectivity index (χ1n) is 9.53. The van der Waals surface area contributed by atoms with Crippen LogP contribution in [0.1, 0.15) is 47.4 Å². The Morgan fingerprint density at radius 1 is 1.21 bits per heavy atom. The second kappa shape index (κ2) is 7.09. The van der Waals surface area contributed by atoms with E-state index in [0.29, 0.717) is 30.2 Å². The molecule has 4 rings (SSSR count). The fourth-order valence-electron chi connectivity index (χ4n) is 4.18. The second-order valence-electron chi connectivity index (χ2n) is 7.52. The number of hydrogen-bond acceptors (Lipinski definition) is 8. The molecule has 0 bridgehead atoms. The number of nitrogens with one attached hydrogen (secondary N) is 1. The number of nitrogens with zero attached hydrogens (tertiary/aromatic N) is 5. The Bertz CT molecular complexity index is 983. The van der Waals surface area contributed by atoms with Crippen molar-refractivity contribution in [3.8, 4) is 0 Å². The second-order valence-corrected chi connectivity index (χ2v) is 9.35. The van der Waals surface area contributed by atoms with Gasteiger partial charge < -0.3 is 14.7 Å². The van der Waals surface area contributed by atoms with Gasteiger partial charge in [0.1, 0.15) is 22.2 Å². The van der Waals surface area contributed by atoms with Crippen molar-refractivity contribution in [2.45, 2.75) is 50.6 Å². The fraction of sp³-hybridized carbons (Fsp3) is 0.611. The first kappa shape index (κ1) is 19.3. The number of aromatic nitrogens is 3. The lowest BCUT2D eigenvalue weighted by atomic mass is 10.1. The van der Waals surface area contributed by atoms with Crippen molar-refractivity contribution < 1.29 is 12.9 Å². The highest BCUT2D eigenvalue weighted by molar-refractivity contribution is 7.89. The zero-order chi connectivity index (χ0) is 20.1. The Morgan fingerprint density at radius 2 is 2.00 bits per heavy atom. The molecule has 1 N–H and O–H groups in total. The summed E-state index contributed by atoms with van der Waals surface area (Å²) in [6.45, 7) is 5.41. The van der Waals surface area contributed by atoms with Crippen molar-refractivity contribution in [3.05, 3.63) is 28.5 Å². The van der Waals surface area contributed by atoms with E-state index >= 15 is 0 Å². The smallest absolute Gasteiger partial charge is 0.249 e. The molecule has 1 saturated heterocycles. The molecule has 4 heterocycles. The van der Waals surface area contributed by atoms with Gasteiger partial charge in [0.25, 0.3) is 0 Å². The molecule has 10 heteroatoms. The van der Waals surface area contributed by atoms with Crippen LogP contribution in [0.15, 0.2) is 9.42 Å². The van der Waals surface area contributed by atoms with Gasteiger partial charge in [-0.05, 0) is 40.2 Å². The highest BCUT2D eigenvalue weighted by atomic mass is 32.2. The number of fused-ring (bicyclic) bond motifs is 1. The molecule has 0 unspecified atom stereocenters. The molecular weight excluding hydrogens is 380 g/mol. The van der Waals surface area contributed by atoms with E-state index in [1.54, 1.807) is 13.8 Å². The molecule has 2 aliphatic rings. The summed E-state index contributed by atoms with van der Waals surface area (Å²) in [6, 6.07) is -0.386. The standard InChI is InChI=1S/C18H26N6O3S/c1-11-16(12(2)27-22-11)28(25,26)24-8-5-6-15(24)18-20-14-10-23(4)9-7-13(14)17(19-3)21-18/h15H,5-10H2,1-4H3,(H,19,20,21)/t15-/m1/s1. The van der Waals surface area contributed by atoms with Gasteiger partial charge in [-0.3, -0.25) is 0 Å². The van der Waals surface area contributed by atoms with E-state index in [9.17, 15) is 8.42 Å². The minimum Gasteiger partial charge on any atom is -0.373 e. The Balaban J connectivity index is 1.76. The Labute approximate surface area is 165 Å². The van der Waals surface area contributed by atoms with Crippen molar-refractivity contribution >= 4 is 15.8 Å². The Kier molecular flexibility index (Phi) is 4.88. The number of sulfonamides is 1. The molecule has 2 aromatic heterocycles. The number of rotatable bonds is 4. The maximum absolute atomic E-state index is 13.4. The van der Waals surface area contributed by atoms with Crippen molar-refractivity contribution in [2.24, 2.45) is 0 Å². The third-order valence-corrected chi connectivity index (χ3v) is 7.70. The van der Waals surface area contributed by atoms with Crippen LogP contribution in [-0.2, 0) is 23.0 Å². The lowest BCUT2D eigenvalue weighted by molar-refractivity contribution is 0.304. The predicted molar refractivity (Wildman–Crippen MR) is 103 cm³/mol. The molecular formula is C18H26N6O3S. The summed E-state index contributed by atoms with van der Waals surface area (Å²) in [7, 11) is 0.169. The SMILES string of the molecule is CNc1nc([C@H]2CCCN2S(=O)(=O)c2c(C)noc2C)nc2c1CCN(C)C2. The van der Waals surface area contributed by atoms with Crippen LogP contribution in [0.2, 0.25) is 0 Å². The molecule has 1 atom stereocenters. The monoisotopic (exact) mass is 406 g/mol. The third kappa shape index (κ3) is 3.09. The lowest BCUT2D eigenvalue weighted by Gasteiger charge is -2.28. The van der Waals surface area contributed by atoms with Crippen LogP contribution in [0.4, 0.5) is 5.82 Å². The van der Waals surface area contributed by atoms with E-state index in [1.165, 1.54) is 4.31 Å². The molecule has 0 saturated carbocycles. The molecule has 0 spiro atoms. The van der Waals surface area contributed by atoms with Gasteiger partial charge in [0, 0.05) is 32.2 Å². The van der Waals surface area contributed by atoms with Gasteiger partial charge in [-0.15, -0.1) is 0 Å². The fourth-order valence-corrected chi connectivity index (χ4v) is 6.13. The maximum atomic E-state index is 13.4. The first-order chi connectivity index (χ1) is 13.3. The topological polar surface area (TPSA) is 104 Å². The number of likely N-dealkylation sites (N-methyl/N-ethyl adjacent to an activating group) is 1. The largest absolute Gasteiger partial charge is 0.373 e. The van der Waals surface area contributed by atoms with Gasteiger partial charge in [0.2, 0.25) is 10.0 Å². The first-order valence-corrected chi connectivity index (χ1v) is 11.0. The van der Waals surface area contributed by atoms with Gasteiger partial charge in [0.05, 0.1) is 11.7 Å². The van der Waals surface area contributed by atoms with Gasteiger partial charge in [0.15, 0.2) is 5.76 Å². The molecule has 152 valence electrons. The molecule has 28 heavy (non-hydrogen) atoms. The average Bonchev–Trinajstić information content (AvgIpc) is 3.27. The van der Waals surface area contributed by atoms with Crippen molar-refractivity contribution in [3.63, 3.8) is 0 Å². The average molecular weight is 407 g/mol. The van der Waals surface area contributed by atoms with Crippen LogP contribution in [0, 0.1) is 13.8 Å². The highest BCUT2D eigenvalue weighted by Gasteiger charge is 2.41. The molecule has 2 aliphatic heterocycles. The molecule has 0 amide bonds. The van der Waals surface area contributed by atoms with Gasteiger partial charge in [-0.2, -0.15) is 4.31 Å². The zero-order valence-electron chi connectivity index (χ0n) is 16.7. The molecule has 9 nitrogen and oxygen atoms in total. The number of anilines is 1. The van der Waals surface area contributed by atoms with E-state index in [1.807, 2.05) is 7.05 Å². The highest BCUT2D eigenvalue weighted by Crippen LogP contribution is 2.38. The van der Waals surface area contributed by atoms with E-state index in [2.05, 4.69) is 22.4 Å². The molecule has 0 aliphatic carbocycles. The van der Waals surface area contributed by atoms with Gasteiger partial charge in [-0.1, -0.05) is 5.16 Å². The molecule has 0 aromatic carbocycles. The van der Waals surface area contributed by atoms with Gasteiger partial charge >= 0.3 is 0 Å². The van der Waals surface area contributed by atoms with E-state index in [0.717, 1.165) is 43.0 Å². The minimum atomic E-state index is -3.74. The maximum Gasteiger partial charge on any atom is 0.249 e. The summed E-state index contributed by atoms with van der Waals surface area (Å²) in [5.74, 6) is 1.67. The summed E-state index contributed by atoms with van der Waals surface area (Å²) in [5.41, 5.74) is 2.49. The van der Waals surface area contributed by atoms with Crippen LogP contribution in [0.5, 0.6) is 0 Å². The number of aryl methyl sites for hydroxylation is 2. The van der Waals surface area contributed by atoms with Crippen molar-refractivity contribution in [2.75, 3.05) is 32.5 Å². The van der Waals surface area contributed by atoms with E-state index in [-0.39, 0.29) is 10.9 Å². The van der Waals surface area contributed by atoms with Crippen molar-refractivity contribution in [1.82, 2.24) is 24.3 Å². The van der Waals surface area contributed by atoms with Crippen LogP contribution in [0.3, 0.4) is 0 Å². The zero-order valence-corrected chi connectivity index (χ0v) is 17.5. The summed E-state index contributed by atoms with van der Waals surface area (Å²) in [4.78, 5) is 11.9. The molecule has 2 aromatic rings. The van der Waals surface area contributed by atoms with Crippen LogP contribution in [-0.4, -0.2) is 59.9 Å². The van der Waals surface area contributed by atoms with Gasteiger partial charge in [-0.25, -0.2) is 18.4 Å².